The van der Waals surface area contributed by atoms with Crippen molar-refractivity contribution in [1.29, 1.82) is 0 Å². The minimum absolute atomic E-state index is 0.402. The van der Waals surface area contributed by atoms with Crippen LogP contribution in [0, 0.1) is 0 Å². The Bertz CT molecular complexity index is 478. The predicted octanol–water partition coefficient (Wildman–Crippen LogP) is 0.863. The maximum Gasteiger partial charge on any atom is 0.143 e. The third-order valence-corrected chi connectivity index (χ3v) is 2.76. The monoisotopic (exact) mass is 231 g/mol. The first-order valence-corrected chi connectivity index (χ1v) is 5.59. The van der Waals surface area contributed by atoms with Crippen molar-refractivity contribution in [2.75, 3.05) is 18.5 Å². The lowest BCUT2D eigenvalue weighted by atomic mass is 10.2. The molecule has 2 aromatic rings. The van der Waals surface area contributed by atoms with E-state index in [0.29, 0.717) is 6.04 Å². The molecule has 0 saturated carbocycles. The maximum absolute atomic E-state index is 5.33. The molecule has 1 fully saturated rings. The fraction of sp³-hybridized carbons (Fsp3) is 0.364. The molecule has 2 heterocycles. The lowest BCUT2D eigenvalue weighted by Crippen LogP contribution is -2.18. The van der Waals surface area contributed by atoms with Gasteiger partial charge in [0, 0.05) is 12.3 Å². The van der Waals surface area contributed by atoms with Crippen molar-refractivity contribution in [1.82, 2.24) is 20.2 Å². The van der Waals surface area contributed by atoms with Crippen molar-refractivity contribution in [2.24, 2.45) is 0 Å². The summed E-state index contributed by atoms with van der Waals surface area (Å²) in [6.45, 7) is 1.61. The van der Waals surface area contributed by atoms with Crippen LogP contribution in [0.2, 0.25) is 0 Å². The summed E-state index contributed by atoms with van der Waals surface area (Å²) in [5.74, 6) is 0. The first-order valence-electron chi connectivity index (χ1n) is 5.59. The Morgan fingerprint density at radius 3 is 3.18 bits per heavy atom. The molecular formula is C11H13N5O. The van der Waals surface area contributed by atoms with E-state index in [2.05, 4.69) is 20.8 Å². The van der Waals surface area contributed by atoms with Crippen LogP contribution in [0.5, 0.6) is 0 Å². The van der Waals surface area contributed by atoms with Crippen LogP contribution in [0.25, 0.3) is 5.69 Å². The molecule has 1 aliphatic rings. The molecule has 1 aromatic carbocycles. The number of hydrogen-bond acceptors (Lipinski definition) is 5. The fourth-order valence-electron chi connectivity index (χ4n) is 1.90. The van der Waals surface area contributed by atoms with Crippen LogP contribution < -0.4 is 5.32 Å². The van der Waals surface area contributed by atoms with E-state index in [1.165, 1.54) is 0 Å². The van der Waals surface area contributed by atoms with Crippen LogP contribution in [-0.4, -0.2) is 39.5 Å². The van der Waals surface area contributed by atoms with Gasteiger partial charge in [-0.15, -0.1) is 5.10 Å². The minimum Gasteiger partial charge on any atom is -0.380 e. The number of benzene rings is 1. The summed E-state index contributed by atoms with van der Waals surface area (Å²) < 4.78 is 6.97. The Morgan fingerprint density at radius 1 is 1.41 bits per heavy atom. The van der Waals surface area contributed by atoms with E-state index in [9.17, 15) is 0 Å². The third kappa shape index (κ3) is 2.26. The quantitative estimate of drug-likeness (QED) is 0.848. The Labute approximate surface area is 98.6 Å². The average molecular weight is 231 g/mol. The number of nitrogens with zero attached hydrogens (tertiary/aromatic N) is 4. The number of anilines is 1. The van der Waals surface area contributed by atoms with Gasteiger partial charge >= 0.3 is 0 Å². The normalized spacial score (nSPS) is 19.4. The molecule has 0 bridgehead atoms. The van der Waals surface area contributed by atoms with Crippen molar-refractivity contribution < 1.29 is 4.74 Å². The van der Waals surface area contributed by atoms with E-state index in [0.717, 1.165) is 31.0 Å². The summed E-state index contributed by atoms with van der Waals surface area (Å²) in [7, 11) is 0. The second kappa shape index (κ2) is 4.50. The number of hydrogen-bond donors (Lipinski definition) is 1. The minimum atomic E-state index is 0.402. The predicted molar refractivity (Wildman–Crippen MR) is 62.0 cm³/mol. The molecule has 1 N–H and O–H groups in total. The van der Waals surface area contributed by atoms with Crippen LogP contribution in [0.3, 0.4) is 0 Å². The number of nitrogens with one attached hydrogen (secondary N) is 1. The molecular weight excluding hydrogens is 218 g/mol. The molecule has 1 atom stereocenters. The molecule has 1 saturated heterocycles. The third-order valence-electron chi connectivity index (χ3n) is 2.76. The van der Waals surface area contributed by atoms with Crippen LogP contribution in [-0.2, 0) is 4.74 Å². The van der Waals surface area contributed by atoms with E-state index < -0.39 is 0 Å². The van der Waals surface area contributed by atoms with E-state index in [-0.39, 0.29) is 0 Å². The highest BCUT2D eigenvalue weighted by Crippen LogP contribution is 2.16. The summed E-state index contributed by atoms with van der Waals surface area (Å²) in [6, 6.07) is 8.40. The maximum atomic E-state index is 5.33. The van der Waals surface area contributed by atoms with E-state index in [1.807, 2.05) is 24.3 Å². The van der Waals surface area contributed by atoms with Gasteiger partial charge in [0.1, 0.15) is 6.33 Å². The van der Waals surface area contributed by atoms with Gasteiger partial charge in [0.2, 0.25) is 0 Å². The Kier molecular flexibility index (Phi) is 2.71. The lowest BCUT2D eigenvalue weighted by Gasteiger charge is -2.12. The molecule has 3 rings (SSSR count). The zero-order valence-electron chi connectivity index (χ0n) is 9.28. The summed E-state index contributed by atoms with van der Waals surface area (Å²) in [5.41, 5.74) is 2.01. The Hall–Kier alpha value is -1.95. The van der Waals surface area contributed by atoms with Gasteiger partial charge in [-0.1, -0.05) is 6.07 Å². The zero-order valence-corrected chi connectivity index (χ0v) is 9.28. The molecule has 0 aliphatic carbocycles. The number of tetrazole rings is 1. The molecule has 1 aliphatic heterocycles. The molecule has 1 aromatic heterocycles. The Morgan fingerprint density at radius 2 is 2.41 bits per heavy atom. The summed E-state index contributed by atoms with van der Waals surface area (Å²) in [5, 5.41) is 14.5. The zero-order chi connectivity index (χ0) is 11.5. The Balaban J connectivity index is 1.79. The SMILES string of the molecule is c1cc(NC2CCOC2)cc(-n2cnnn2)c1. The van der Waals surface area contributed by atoms with Gasteiger partial charge in [-0.25, -0.2) is 4.68 Å². The molecule has 17 heavy (non-hydrogen) atoms. The van der Waals surface area contributed by atoms with Crippen molar-refractivity contribution >= 4 is 5.69 Å². The molecule has 0 spiro atoms. The van der Waals surface area contributed by atoms with Crippen molar-refractivity contribution in [3.8, 4) is 5.69 Å². The second-order valence-corrected chi connectivity index (χ2v) is 4.01. The molecule has 88 valence electrons. The topological polar surface area (TPSA) is 64.9 Å². The van der Waals surface area contributed by atoms with Crippen LogP contribution in [0.4, 0.5) is 5.69 Å². The number of rotatable bonds is 3. The van der Waals surface area contributed by atoms with Crippen molar-refractivity contribution in [3.63, 3.8) is 0 Å². The van der Waals surface area contributed by atoms with Gasteiger partial charge in [-0.05, 0) is 35.0 Å². The van der Waals surface area contributed by atoms with Crippen LogP contribution >= 0.6 is 0 Å². The number of aromatic nitrogens is 4. The molecule has 6 nitrogen and oxygen atoms in total. The highest BCUT2D eigenvalue weighted by molar-refractivity contribution is 5.51. The molecule has 1 unspecified atom stereocenters. The molecule has 0 amide bonds. The summed E-state index contributed by atoms with van der Waals surface area (Å²) >= 11 is 0. The fourth-order valence-corrected chi connectivity index (χ4v) is 1.90. The molecule has 0 radical (unpaired) electrons. The van der Waals surface area contributed by atoms with Crippen molar-refractivity contribution in [2.45, 2.75) is 12.5 Å². The first kappa shape index (κ1) is 10.2. The standard InChI is InChI=1S/C11H13N5O/c1-2-9(13-10-4-5-17-7-10)6-11(3-1)16-8-12-14-15-16/h1-3,6,8,10,13H,4-5,7H2. The highest BCUT2D eigenvalue weighted by atomic mass is 16.5. The van der Waals surface area contributed by atoms with Gasteiger partial charge in [-0.2, -0.15) is 0 Å². The average Bonchev–Trinajstić information content (AvgIpc) is 3.01. The van der Waals surface area contributed by atoms with Gasteiger partial charge < -0.3 is 10.1 Å². The smallest absolute Gasteiger partial charge is 0.143 e. The van der Waals surface area contributed by atoms with Crippen LogP contribution in [0.1, 0.15) is 6.42 Å². The van der Waals surface area contributed by atoms with E-state index in [4.69, 9.17) is 4.74 Å². The van der Waals surface area contributed by atoms with Gasteiger partial charge in [0.05, 0.1) is 18.3 Å². The molecule has 6 heteroatoms. The first-order chi connectivity index (χ1) is 8.42. The van der Waals surface area contributed by atoms with Crippen molar-refractivity contribution in [3.05, 3.63) is 30.6 Å². The van der Waals surface area contributed by atoms with Gasteiger partial charge in [-0.3, -0.25) is 0 Å². The summed E-state index contributed by atoms with van der Waals surface area (Å²) in [6.07, 6.45) is 2.63. The van der Waals surface area contributed by atoms with Crippen LogP contribution in [0.15, 0.2) is 30.6 Å². The number of ether oxygens (including phenoxy) is 1. The highest BCUT2D eigenvalue weighted by Gasteiger charge is 2.15. The van der Waals surface area contributed by atoms with E-state index in [1.54, 1.807) is 11.0 Å². The second-order valence-electron chi connectivity index (χ2n) is 4.01. The van der Waals surface area contributed by atoms with Gasteiger partial charge in [0.15, 0.2) is 0 Å². The summed E-state index contributed by atoms with van der Waals surface area (Å²) in [4.78, 5) is 0. The van der Waals surface area contributed by atoms with E-state index >= 15 is 0 Å². The largest absolute Gasteiger partial charge is 0.380 e. The lowest BCUT2D eigenvalue weighted by molar-refractivity contribution is 0.195. The van der Waals surface area contributed by atoms with Gasteiger partial charge in [0.25, 0.3) is 0 Å².